The van der Waals surface area contributed by atoms with E-state index in [0.29, 0.717) is 12.1 Å². The van der Waals surface area contributed by atoms with E-state index in [0.717, 1.165) is 38.3 Å². The number of nitrogens with one attached hydrogen (secondary N) is 1. The van der Waals surface area contributed by atoms with Gasteiger partial charge < -0.3 is 10.2 Å². The Bertz CT molecular complexity index is 835. The van der Waals surface area contributed by atoms with Crippen LogP contribution in [0.5, 0.6) is 0 Å². The first-order valence-corrected chi connectivity index (χ1v) is 9.68. The highest BCUT2D eigenvalue weighted by atomic mass is 16.2. The van der Waals surface area contributed by atoms with Crippen molar-refractivity contribution in [3.05, 3.63) is 59.3 Å². The molecular weight excluding hydrogens is 350 g/mol. The van der Waals surface area contributed by atoms with Crippen LogP contribution in [-0.4, -0.2) is 48.5 Å². The lowest BCUT2D eigenvalue weighted by Crippen LogP contribution is -2.47. The molecule has 1 N–H and O–H groups in total. The van der Waals surface area contributed by atoms with Crippen molar-refractivity contribution in [2.75, 3.05) is 31.6 Å². The predicted octanol–water partition coefficient (Wildman–Crippen LogP) is 2.48. The van der Waals surface area contributed by atoms with Crippen molar-refractivity contribution < 1.29 is 4.79 Å². The molecule has 2 aromatic rings. The fraction of sp³-hybridized carbons (Fsp3) is 0.409. The molecule has 3 rings (SSSR count). The number of piperidine rings is 1. The Labute approximate surface area is 166 Å². The van der Waals surface area contributed by atoms with Crippen molar-refractivity contribution in [3.8, 4) is 6.07 Å². The third-order valence-electron chi connectivity index (χ3n) is 5.05. The highest BCUT2D eigenvalue weighted by Crippen LogP contribution is 2.21. The Morgan fingerprint density at radius 1 is 1.29 bits per heavy atom. The maximum atomic E-state index is 12.4. The molecule has 0 aliphatic carbocycles. The van der Waals surface area contributed by atoms with Crippen LogP contribution in [-0.2, 0) is 11.3 Å². The third kappa shape index (κ3) is 5.30. The number of carbonyl (C=O) groups is 1. The molecule has 146 valence electrons. The van der Waals surface area contributed by atoms with Crippen LogP contribution < -0.4 is 10.2 Å². The molecule has 28 heavy (non-hydrogen) atoms. The molecule has 1 saturated heterocycles. The largest absolute Gasteiger partial charge is 0.355 e. The minimum Gasteiger partial charge on any atom is -0.355 e. The van der Waals surface area contributed by atoms with E-state index >= 15 is 0 Å². The lowest BCUT2D eigenvalue weighted by atomic mass is 10.0. The maximum Gasteiger partial charge on any atom is 0.234 e. The number of hydrogen-bond acceptors (Lipinski definition) is 5. The minimum atomic E-state index is 0.0589. The first-order valence-electron chi connectivity index (χ1n) is 9.68. The number of nitriles is 1. The van der Waals surface area contributed by atoms with E-state index in [1.54, 1.807) is 18.3 Å². The van der Waals surface area contributed by atoms with Crippen molar-refractivity contribution in [2.45, 2.75) is 32.4 Å². The van der Waals surface area contributed by atoms with Gasteiger partial charge in [0.05, 0.1) is 12.1 Å². The number of amides is 1. The molecule has 1 amide bonds. The number of benzene rings is 1. The molecule has 0 saturated carbocycles. The summed E-state index contributed by atoms with van der Waals surface area (Å²) in [6.45, 7) is 4.78. The van der Waals surface area contributed by atoms with Gasteiger partial charge in [-0.25, -0.2) is 4.98 Å². The molecule has 0 unspecified atom stereocenters. The number of hydrogen-bond donors (Lipinski definition) is 1. The number of pyridine rings is 1. The van der Waals surface area contributed by atoms with Crippen LogP contribution in [0.15, 0.2) is 42.6 Å². The molecule has 1 fully saturated rings. The molecule has 0 bridgehead atoms. The summed E-state index contributed by atoms with van der Waals surface area (Å²) >= 11 is 0. The summed E-state index contributed by atoms with van der Waals surface area (Å²) in [6.07, 6.45) is 3.43. The zero-order valence-electron chi connectivity index (χ0n) is 16.6. The standard InChI is InChI=1S/C22H27N5O/c1-17-5-7-18(8-6-17)15-26(2)16-21(28)25-20-9-12-27(13-10-20)22-19(14-23)4-3-11-24-22/h3-8,11,20H,9-10,12-13,15-16H2,1-2H3,(H,25,28). The first kappa shape index (κ1) is 19.8. The number of rotatable bonds is 6. The quantitative estimate of drug-likeness (QED) is 0.837. The zero-order valence-corrected chi connectivity index (χ0v) is 16.6. The molecule has 1 aromatic carbocycles. The van der Waals surface area contributed by atoms with Gasteiger partial charge in [-0.1, -0.05) is 29.8 Å². The highest BCUT2D eigenvalue weighted by Gasteiger charge is 2.23. The van der Waals surface area contributed by atoms with Crippen molar-refractivity contribution in [1.82, 2.24) is 15.2 Å². The average molecular weight is 377 g/mol. The van der Waals surface area contributed by atoms with E-state index in [1.165, 1.54) is 11.1 Å². The van der Waals surface area contributed by atoms with Crippen molar-refractivity contribution >= 4 is 11.7 Å². The molecule has 1 aliphatic heterocycles. The summed E-state index contributed by atoms with van der Waals surface area (Å²) in [5.41, 5.74) is 3.05. The zero-order chi connectivity index (χ0) is 19.9. The number of aryl methyl sites for hydroxylation is 1. The molecule has 0 spiro atoms. The van der Waals surface area contributed by atoms with Gasteiger partial charge in [-0.05, 0) is 44.5 Å². The molecule has 1 aromatic heterocycles. The van der Waals surface area contributed by atoms with Gasteiger partial charge in [-0.2, -0.15) is 5.26 Å². The van der Waals surface area contributed by atoms with Crippen molar-refractivity contribution in [2.24, 2.45) is 0 Å². The average Bonchev–Trinajstić information content (AvgIpc) is 2.70. The monoisotopic (exact) mass is 377 g/mol. The lowest BCUT2D eigenvalue weighted by Gasteiger charge is -2.33. The van der Waals surface area contributed by atoms with Gasteiger partial charge in [0.25, 0.3) is 0 Å². The molecule has 1 aliphatic rings. The Kier molecular flexibility index (Phi) is 6.62. The smallest absolute Gasteiger partial charge is 0.234 e. The number of nitrogens with zero attached hydrogens (tertiary/aromatic N) is 4. The highest BCUT2D eigenvalue weighted by molar-refractivity contribution is 5.78. The van der Waals surface area contributed by atoms with E-state index in [-0.39, 0.29) is 11.9 Å². The van der Waals surface area contributed by atoms with E-state index in [1.807, 2.05) is 11.9 Å². The predicted molar refractivity (Wildman–Crippen MR) is 110 cm³/mol. The van der Waals surface area contributed by atoms with Gasteiger partial charge >= 0.3 is 0 Å². The van der Waals surface area contributed by atoms with Crippen LogP contribution in [0.1, 0.15) is 29.5 Å². The first-order chi connectivity index (χ1) is 13.5. The van der Waals surface area contributed by atoms with Crippen LogP contribution in [0.3, 0.4) is 0 Å². The van der Waals surface area contributed by atoms with Crippen LogP contribution in [0.2, 0.25) is 0 Å². The summed E-state index contributed by atoms with van der Waals surface area (Å²) in [4.78, 5) is 20.9. The number of anilines is 1. The van der Waals surface area contributed by atoms with E-state index < -0.39 is 0 Å². The molecular formula is C22H27N5O. The number of carbonyl (C=O) groups excluding carboxylic acids is 1. The van der Waals surface area contributed by atoms with Crippen LogP contribution in [0.25, 0.3) is 0 Å². The molecule has 6 heteroatoms. The van der Waals surface area contributed by atoms with Gasteiger partial charge in [-0.15, -0.1) is 0 Å². The summed E-state index contributed by atoms with van der Waals surface area (Å²) in [5, 5.41) is 12.4. The van der Waals surface area contributed by atoms with Crippen molar-refractivity contribution in [3.63, 3.8) is 0 Å². The molecule has 0 atom stereocenters. The minimum absolute atomic E-state index is 0.0589. The number of likely N-dealkylation sites (N-methyl/N-ethyl adjacent to an activating group) is 1. The second-order valence-electron chi connectivity index (χ2n) is 7.47. The van der Waals surface area contributed by atoms with Crippen LogP contribution >= 0.6 is 0 Å². The van der Waals surface area contributed by atoms with Gasteiger partial charge in [0.2, 0.25) is 5.91 Å². The van der Waals surface area contributed by atoms with E-state index in [9.17, 15) is 10.1 Å². The summed E-state index contributed by atoms with van der Waals surface area (Å²) in [5.74, 6) is 0.802. The molecule has 0 radical (unpaired) electrons. The number of aromatic nitrogens is 1. The molecule has 2 heterocycles. The van der Waals surface area contributed by atoms with Crippen molar-refractivity contribution in [1.29, 1.82) is 5.26 Å². The summed E-state index contributed by atoms with van der Waals surface area (Å²) in [7, 11) is 1.96. The lowest BCUT2D eigenvalue weighted by molar-refractivity contribution is -0.122. The second kappa shape index (κ2) is 9.34. The van der Waals surface area contributed by atoms with Gasteiger partial charge in [-0.3, -0.25) is 9.69 Å². The van der Waals surface area contributed by atoms with E-state index in [4.69, 9.17) is 0 Å². The van der Waals surface area contributed by atoms with Crippen LogP contribution in [0, 0.1) is 18.3 Å². The van der Waals surface area contributed by atoms with Gasteiger partial charge in [0.1, 0.15) is 11.9 Å². The Morgan fingerprint density at radius 3 is 2.68 bits per heavy atom. The fourth-order valence-electron chi connectivity index (χ4n) is 3.55. The fourth-order valence-corrected chi connectivity index (χ4v) is 3.55. The second-order valence-corrected chi connectivity index (χ2v) is 7.47. The Hall–Kier alpha value is -2.91. The Morgan fingerprint density at radius 2 is 2.00 bits per heavy atom. The molecule has 6 nitrogen and oxygen atoms in total. The Balaban J connectivity index is 1.44. The van der Waals surface area contributed by atoms with Gasteiger partial charge in [0, 0.05) is 31.9 Å². The van der Waals surface area contributed by atoms with Crippen LogP contribution in [0.4, 0.5) is 5.82 Å². The third-order valence-corrected chi connectivity index (χ3v) is 5.05. The maximum absolute atomic E-state index is 12.4. The van der Waals surface area contributed by atoms with E-state index in [2.05, 4.69) is 52.5 Å². The SMILES string of the molecule is Cc1ccc(CN(C)CC(=O)NC2CCN(c3ncccc3C#N)CC2)cc1. The van der Waals surface area contributed by atoms with Gasteiger partial charge in [0.15, 0.2) is 0 Å². The topological polar surface area (TPSA) is 72.3 Å². The summed E-state index contributed by atoms with van der Waals surface area (Å²) < 4.78 is 0. The normalized spacial score (nSPS) is 14.7. The summed E-state index contributed by atoms with van der Waals surface area (Å²) in [6, 6.07) is 14.3.